The Morgan fingerprint density at radius 2 is 0.933 bits per heavy atom. The molecule has 3 aromatic carbocycles. The quantitative estimate of drug-likeness (QED) is 0.463. The number of benzene rings is 3. The summed E-state index contributed by atoms with van der Waals surface area (Å²) >= 11 is 0. The molecule has 0 heterocycles. The van der Waals surface area contributed by atoms with Gasteiger partial charge >= 0.3 is 12.1 Å². The van der Waals surface area contributed by atoms with Crippen LogP contribution in [0.1, 0.15) is 0 Å². The largest absolute Gasteiger partial charge is 0.495 e. The van der Waals surface area contributed by atoms with Crippen LogP contribution in [-0.4, -0.2) is 26.3 Å². The molecule has 30 heavy (non-hydrogen) atoms. The van der Waals surface area contributed by atoms with Crippen molar-refractivity contribution in [1.82, 2.24) is 0 Å². The van der Waals surface area contributed by atoms with Gasteiger partial charge in [0.15, 0.2) is 0 Å². The highest BCUT2D eigenvalue weighted by Gasteiger charge is 2.09. The van der Waals surface area contributed by atoms with Gasteiger partial charge in [0, 0.05) is 11.4 Å². The number of nitrogens with one attached hydrogen (secondary N) is 4. The van der Waals surface area contributed by atoms with Gasteiger partial charge in [0.2, 0.25) is 0 Å². The molecule has 8 heteroatoms. The average Bonchev–Trinajstić information content (AvgIpc) is 2.76. The fourth-order valence-corrected chi connectivity index (χ4v) is 2.70. The molecule has 4 N–H and O–H groups in total. The van der Waals surface area contributed by atoms with E-state index in [0.29, 0.717) is 34.2 Å². The Hall–Kier alpha value is -4.20. The van der Waals surface area contributed by atoms with Gasteiger partial charge in [-0.15, -0.1) is 0 Å². The summed E-state index contributed by atoms with van der Waals surface area (Å²) in [6, 6.07) is 20.1. The van der Waals surface area contributed by atoms with Crippen molar-refractivity contribution in [2.75, 3.05) is 35.5 Å². The smallest absolute Gasteiger partial charge is 0.323 e. The first kappa shape index (κ1) is 20.5. The Morgan fingerprint density at radius 3 is 1.30 bits per heavy atom. The third-order valence-electron chi connectivity index (χ3n) is 4.11. The lowest BCUT2D eigenvalue weighted by molar-refractivity contribution is 0.261. The molecule has 0 saturated carbocycles. The second kappa shape index (κ2) is 9.83. The van der Waals surface area contributed by atoms with Crippen LogP contribution >= 0.6 is 0 Å². The number of amides is 4. The molecule has 0 aliphatic rings. The van der Waals surface area contributed by atoms with Crippen molar-refractivity contribution in [3.63, 3.8) is 0 Å². The maximum Gasteiger partial charge on any atom is 0.323 e. The minimum Gasteiger partial charge on any atom is -0.495 e. The Morgan fingerprint density at radius 1 is 0.567 bits per heavy atom. The molecule has 0 unspecified atom stereocenters. The molecule has 0 bridgehead atoms. The molecular weight excluding hydrogens is 384 g/mol. The zero-order valence-electron chi connectivity index (χ0n) is 16.6. The Bertz CT molecular complexity index is 939. The highest BCUT2D eigenvalue weighted by atomic mass is 16.5. The number of para-hydroxylation sites is 4. The molecule has 3 rings (SSSR count). The molecule has 0 saturated heterocycles. The Balaban J connectivity index is 1.55. The monoisotopic (exact) mass is 406 g/mol. The SMILES string of the molecule is COc1ccccc1NC(=O)Nc1ccc(NC(=O)Nc2ccccc2OC)cc1. The van der Waals surface area contributed by atoms with Crippen LogP contribution in [0.3, 0.4) is 0 Å². The molecule has 0 aliphatic carbocycles. The maximum atomic E-state index is 12.2. The lowest BCUT2D eigenvalue weighted by Crippen LogP contribution is -2.20. The van der Waals surface area contributed by atoms with Gasteiger partial charge in [0.1, 0.15) is 11.5 Å². The first-order valence-corrected chi connectivity index (χ1v) is 9.11. The number of ether oxygens (including phenoxy) is 2. The van der Waals surface area contributed by atoms with E-state index in [0.717, 1.165) is 0 Å². The summed E-state index contributed by atoms with van der Waals surface area (Å²) < 4.78 is 10.4. The molecule has 0 aliphatic heterocycles. The van der Waals surface area contributed by atoms with Crippen molar-refractivity contribution >= 4 is 34.8 Å². The maximum absolute atomic E-state index is 12.2. The molecule has 0 aromatic heterocycles. The summed E-state index contributed by atoms with van der Waals surface area (Å²) in [7, 11) is 3.07. The topological polar surface area (TPSA) is 101 Å². The van der Waals surface area contributed by atoms with Crippen molar-refractivity contribution in [2.45, 2.75) is 0 Å². The van der Waals surface area contributed by atoms with Crippen LogP contribution < -0.4 is 30.7 Å². The number of hydrogen-bond donors (Lipinski definition) is 4. The van der Waals surface area contributed by atoms with E-state index in [9.17, 15) is 9.59 Å². The van der Waals surface area contributed by atoms with Gasteiger partial charge in [-0.25, -0.2) is 9.59 Å². The van der Waals surface area contributed by atoms with Gasteiger partial charge in [-0.3, -0.25) is 0 Å². The van der Waals surface area contributed by atoms with Crippen molar-refractivity contribution in [2.24, 2.45) is 0 Å². The van der Waals surface area contributed by atoms with Crippen molar-refractivity contribution < 1.29 is 19.1 Å². The molecule has 154 valence electrons. The predicted octanol–water partition coefficient (Wildman–Crippen LogP) is 4.99. The third kappa shape index (κ3) is 5.41. The summed E-state index contributed by atoms with van der Waals surface area (Å²) in [5, 5.41) is 10.9. The minimum atomic E-state index is -0.408. The van der Waals surface area contributed by atoms with E-state index in [1.807, 2.05) is 12.1 Å². The molecule has 0 radical (unpaired) electrons. The predicted molar refractivity (Wildman–Crippen MR) is 118 cm³/mol. The first-order valence-electron chi connectivity index (χ1n) is 9.11. The van der Waals surface area contributed by atoms with E-state index in [1.165, 1.54) is 14.2 Å². The van der Waals surface area contributed by atoms with E-state index in [4.69, 9.17) is 9.47 Å². The molecule has 8 nitrogen and oxygen atoms in total. The Kier molecular flexibility index (Phi) is 6.73. The van der Waals surface area contributed by atoms with Crippen LogP contribution in [0, 0.1) is 0 Å². The standard InChI is InChI=1S/C22H22N4O4/c1-29-19-9-5-3-7-17(19)25-21(27)23-15-11-13-16(14-12-15)24-22(28)26-18-8-4-6-10-20(18)30-2/h3-14H,1-2H3,(H2,23,25,27)(H2,24,26,28). The van der Waals surface area contributed by atoms with Gasteiger partial charge in [-0.05, 0) is 48.5 Å². The summed E-state index contributed by atoms with van der Waals surface area (Å²) in [6.07, 6.45) is 0. The fraction of sp³-hybridized carbons (Fsp3) is 0.0909. The number of urea groups is 2. The van der Waals surface area contributed by atoms with Gasteiger partial charge in [-0.1, -0.05) is 24.3 Å². The van der Waals surface area contributed by atoms with Crippen LogP contribution in [0.4, 0.5) is 32.3 Å². The summed E-state index contributed by atoms with van der Waals surface area (Å²) in [6.45, 7) is 0. The fourth-order valence-electron chi connectivity index (χ4n) is 2.70. The van der Waals surface area contributed by atoms with Crippen LogP contribution in [0.25, 0.3) is 0 Å². The van der Waals surface area contributed by atoms with Crippen LogP contribution in [-0.2, 0) is 0 Å². The number of methoxy groups -OCH3 is 2. The van der Waals surface area contributed by atoms with Crippen LogP contribution in [0.5, 0.6) is 11.5 Å². The van der Waals surface area contributed by atoms with Crippen molar-refractivity contribution in [3.8, 4) is 11.5 Å². The molecular formula is C22H22N4O4. The van der Waals surface area contributed by atoms with Crippen molar-refractivity contribution in [1.29, 1.82) is 0 Å². The number of carbonyl (C=O) groups excluding carboxylic acids is 2. The van der Waals surface area contributed by atoms with E-state index < -0.39 is 12.1 Å². The number of hydrogen-bond acceptors (Lipinski definition) is 4. The Labute approximate surface area is 174 Å². The zero-order valence-corrected chi connectivity index (χ0v) is 16.6. The van der Waals surface area contributed by atoms with Crippen molar-refractivity contribution in [3.05, 3.63) is 72.8 Å². The highest BCUT2D eigenvalue weighted by molar-refractivity contribution is 6.02. The summed E-state index contributed by atoms with van der Waals surface area (Å²) in [5.41, 5.74) is 2.25. The van der Waals surface area contributed by atoms with Gasteiger partial charge in [0.25, 0.3) is 0 Å². The lowest BCUT2D eigenvalue weighted by atomic mass is 10.2. The molecule has 0 spiro atoms. The van der Waals surface area contributed by atoms with Gasteiger partial charge < -0.3 is 30.7 Å². The average molecular weight is 406 g/mol. The zero-order chi connectivity index (χ0) is 21.3. The molecule has 4 amide bonds. The molecule has 0 fully saturated rings. The summed E-state index contributed by atoms with van der Waals surface area (Å²) in [5.74, 6) is 1.13. The van der Waals surface area contributed by atoms with E-state index in [2.05, 4.69) is 21.3 Å². The normalized spacial score (nSPS) is 9.93. The molecule has 3 aromatic rings. The van der Waals surface area contributed by atoms with E-state index in [1.54, 1.807) is 60.7 Å². The minimum absolute atomic E-state index is 0.408. The number of anilines is 4. The van der Waals surface area contributed by atoms with Gasteiger partial charge in [0.05, 0.1) is 25.6 Å². The summed E-state index contributed by atoms with van der Waals surface area (Å²) in [4.78, 5) is 24.4. The van der Waals surface area contributed by atoms with E-state index >= 15 is 0 Å². The van der Waals surface area contributed by atoms with Gasteiger partial charge in [-0.2, -0.15) is 0 Å². The third-order valence-corrected chi connectivity index (χ3v) is 4.11. The highest BCUT2D eigenvalue weighted by Crippen LogP contribution is 2.24. The van der Waals surface area contributed by atoms with E-state index in [-0.39, 0.29) is 0 Å². The lowest BCUT2D eigenvalue weighted by Gasteiger charge is -2.12. The second-order valence-electron chi connectivity index (χ2n) is 6.14. The van der Waals surface area contributed by atoms with Crippen LogP contribution in [0.2, 0.25) is 0 Å². The second-order valence-corrected chi connectivity index (χ2v) is 6.14. The number of rotatable bonds is 6. The first-order chi connectivity index (χ1) is 14.6. The molecule has 0 atom stereocenters. The number of carbonyl (C=O) groups is 2. The van der Waals surface area contributed by atoms with Crippen LogP contribution in [0.15, 0.2) is 72.8 Å².